The van der Waals surface area contributed by atoms with Crippen LogP contribution < -0.4 is 15.4 Å². The summed E-state index contributed by atoms with van der Waals surface area (Å²) in [5.41, 5.74) is 2.43. The van der Waals surface area contributed by atoms with Gasteiger partial charge in [0, 0.05) is 22.3 Å². The molecule has 2 aromatic carbocycles. The maximum atomic E-state index is 12.3. The van der Waals surface area contributed by atoms with E-state index >= 15 is 0 Å². The number of amides is 4. The molecule has 37 heavy (non-hydrogen) atoms. The zero-order valence-electron chi connectivity index (χ0n) is 20.6. The lowest BCUT2D eigenvalue weighted by Gasteiger charge is -2.13. The van der Waals surface area contributed by atoms with Crippen molar-refractivity contribution < 1.29 is 19.1 Å². The maximum Gasteiger partial charge on any atom is 0.328 e. The minimum absolute atomic E-state index is 0.185. The lowest BCUT2D eigenvalue weighted by molar-refractivity contribution is -0.123. The number of nitrogens with zero attached hydrogens (tertiary/aromatic N) is 2. The largest absolute Gasteiger partial charge is 0.494 e. The van der Waals surface area contributed by atoms with Gasteiger partial charge < -0.3 is 4.74 Å². The Balaban J connectivity index is 1.56. The summed E-state index contributed by atoms with van der Waals surface area (Å²) in [5, 5.41) is 9.49. The van der Waals surface area contributed by atoms with Gasteiger partial charge in [0.15, 0.2) is 0 Å². The molecule has 0 atom stereocenters. The summed E-state index contributed by atoms with van der Waals surface area (Å²) in [5.74, 6) is -0.770. The van der Waals surface area contributed by atoms with Crippen LogP contribution in [0.1, 0.15) is 51.0 Å². The van der Waals surface area contributed by atoms with Gasteiger partial charge in [0.25, 0.3) is 11.8 Å². The van der Waals surface area contributed by atoms with Crippen molar-refractivity contribution in [2.75, 3.05) is 6.61 Å². The van der Waals surface area contributed by atoms with Gasteiger partial charge in [0.1, 0.15) is 11.3 Å². The van der Waals surface area contributed by atoms with E-state index in [-0.39, 0.29) is 5.57 Å². The van der Waals surface area contributed by atoms with Crippen molar-refractivity contribution in [3.05, 3.63) is 70.9 Å². The summed E-state index contributed by atoms with van der Waals surface area (Å²) in [6, 6.07) is 13.8. The molecule has 4 amide bonds. The fourth-order valence-electron chi connectivity index (χ4n) is 3.99. The molecule has 1 fully saturated rings. The van der Waals surface area contributed by atoms with E-state index in [0.717, 1.165) is 29.8 Å². The van der Waals surface area contributed by atoms with Crippen LogP contribution in [0.25, 0.3) is 23.0 Å². The number of barbiturate groups is 1. The van der Waals surface area contributed by atoms with Crippen LogP contribution in [0.2, 0.25) is 5.02 Å². The summed E-state index contributed by atoms with van der Waals surface area (Å²) >= 11 is 6.03. The monoisotopic (exact) mass is 520 g/mol. The van der Waals surface area contributed by atoms with Gasteiger partial charge >= 0.3 is 6.03 Å². The third kappa shape index (κ3) is 6.86. The number of ether oxygens (including phenoxy) is 1. The first-order valence-corrected chi connectivity index (χ1v) is 12.8. The first-order valence-electron chi connectivity index (χ1n) is 12.4. The van der Waals surface area contributed by atoms with Crippen molar-refractivity contribution in [3.63, 3.8) is 0 Å². The Morgan fingerprint density at radius 3 is 2.22 bits per heavy atom. The van der Waals surface area contributed by atoms with Crippen LogP contribution in [-0.4, -0.2) is 34.2 Å². The van der Waals surface area contributed by atoms with Gasteiger partial charge in [-0.3, -0.25) is 20.2 Å². The highest BCUT2D eigenvalue weighted by Crippen LogP contribution is 2.28. The van der Waals surface area contributed by atoms with Crippen LogP contribution in [0.4, 0.5) is 4.79 Å². The minimum Gasteiger partial charge on any atom is -0.494 e. The molecule has 1 aliphatic rings. The van der Waals surface area contributed by atoms with Gasteiger partial charge in [0.05, 0.1) is 18.0 Å². The number of carbonyl (C=O) groups excluding carboxylic acids is 3. The minimum atomic E-state index is -0.846. The Bertz CT molecular complexity index is 1270. The van der Waals surface area contributed by atoms with Gasteiger partial charge in [-0.05, 0) is 61.0 Å². The molecule has 8 nitrogen and oxygen atoms in total. The van der Waals surface area contributed by atoms with Gasteiger partial charge in [-0.2, -0.15) is 5.10 Å². The molecule has 2 N–H and O–H groups in total. The van der Waals surface area contributed by atoms with E-state index in [1.54, 1.807) is 23.0 Å². The highest BCUT2D eigenvalue weighted by molar-refractivity contribution is 6.31. The van der Waals surface area contributed by atoms with Crippen molar-refractivity contribution in [3.8, 4) is 22.7 Å². The second kappa shape index (κ2) is 12.4. The number of urea groups is 1. The predicted molar refractivity (Wildman–Crippen MR) is 143 cm³/mol. The third-order valence-corrected chi connectivity index (χ3v) is 6.22. The number of carbonyl (C=O) groups is 3. The summed E-state index contributed by atoms with van der Waals surface area (Å²) in [4.78, 5) is 36.1. The topological polar surface area (TPSA) is 102 Å². The van der Waals surface area contributed by atoms with Crippen molar-refractivity contribution >= 4 is 35.5 Å². The van der Waals surface area contributed by atoms with Crippen LogP contribution in [-0.2, 0) is 9.59 Å². The van der Waals surface area contributed by atoms with E-state index in [2.05, 4.69) is 17.6 Å². The molecule has 4 rings (SSSR count). The molecule has 0 saturated carbocycles. The smallest absolute Gasteiger partial charge is 0.328 e. The molecule has 1 aliphatic heterocycles. The van der Waals surface area contributed by atoms with E-state index in [1.165, 1.54) is 31.8 Å². The Hall–Kier alpha value is -3.91. The SMILES string of the molecule is CCCCCCCCOc1ccc(-c2nn(-c3ccc(Cl)cc3)cc2C=C2C(=O)NC(=O)NC2=O)cc1. The highest BCUT2D eigenvalue weighted by atomic mass is 35.5. The normalized spacial score (nSPS) is 13.4. The Morgan fingerprint density at radius 1 is 0.892 bits per heavy atom. The lowest BCUT2D eigenvalue weighted by Crippen LogP contribution is -2.51. The Morgan fingerprint density at radius 2 is 1.54 bits per heavy atom. The molecule has 192 valence electrons. The fourth-order valence-corrected chi connectivity index (χ4v) is 4.11. The first kappa shape index (κ1) is 26.2. The molecule has 0 unspecified atom stereocenters. The maximum absolute atomic E-state index is 12.3. The van der Waals surface area contributed by atoms with Crippen LogP contribution in [0.5, 0.6) is 5.75 Å². The molecule has 2 heterocycles. The van der Waals surface area contributed by atoms with Crippen LogP contribution >= 0.6 is 11.6 Å². The molecule has 0 spiro atoms. The third-order valence-electron chi connectivity index (χ3n) is 5.97. The summed E-state index contributed by atoms with van der Waals surface area (Å²) in [6.45, 7) is 2.87. The number of halogens is 1. The summed E-state index contributed by atoms with van der Waals surface area (Å²) in [7, 11) is 0. The average molecular weight is 521 g/mol. The summed E-state index contributed by atoms with van der Waals surface area (Å²) < 4.78 is 7.53. The fraction of sp³-hybridized carbons (Fsp3) is 0.286. The van der Waals surface area contributed by atoms with Gasteiger partial charge in [0.2, 0.25) is 0 Å². The van der Waals surface area contributed by atoms with E-state index < -0.39 is 17.8 Å². The second-order valence-electron chi connectivity index (χ2n) is 8.79. The molecule has 0 aliphatic carbocycles. The Kier molecular flexibility index (Phi) is 8.74. The zero-order chi connectivity index (χ0) is 26.2. The number of imide groups is 2. The number of nitrogens with one attached hydrogen (secondary N) is 2. The molecule has 0 bridgehead atoms. The van der Waals surface area contributed by atoms with Gasteiger partial charge in [-0.15, -0.1) is 0 Å². The quantitative estimate of drug-likeness (QED) is 0.192. The molecular formula is C28H29ClN4O4. The van der Waals surface area contributed by atoms with Crippen molar-refractivity contribution in [1.82, 2.24) is 20.4 Å². The van der Waals surface area contributed by atoms with E-state index in [9.17, 15) is 14.4 Å². The van der Waals surface area contributed by atoms with Crippen molar-refractivity contribution in [1.29, 1.82) is 0 Å². The Labute approximate surface area is 220 Å². The average Bonchev–Trinajstić information content (AvgIpc) is 3.30. The standard InChI is InChI=1S/C28H29ClN4O4/c1-2-3-4-5-6-7-16-37-23-14-8-19(9-15-23)25-20(17-24-26(34)30-28(36)31-27(24)35)18-33(32-25)22-12-10-21(29)11-13-22/h8-15,17-18H,2-7,16H2,1H3,(H2,30,31,34,35,36). The van der Waals surface area contributed by atoms with E-state index in [0.29, 0.717) is 22.9 Å². The van der Waals surface area contributed by atoms with E-state index in [1.807, 2.05) is 36.4 Å². The number of hydrogen-bond acceptors (Lipinski definition) is 5. The number of hydrogen-bond donors (Lipinski definition) is 2. The van der Waals surface area contributed by atoms with Gasteiger partial charge in [-0.1, -0.05) is 50.6 Å². The molecular weight excluding hydrogens is 492 g/mol. The number of benzene rings is 2. The van der Waals surface area contributed by atoms with Crippen LogP contribution in [0, 0.1) is 0 Å². The molecule has 0 radical (unpaired) electrons. The van der Waals surface area contributed by atoms with Crippen LogP contribution in [0.15, 0.2) is 60.3 Å². The van der Waals surface area contributed by atoms with Gasteiger partial charge in [-0.25, -0.2) is 9.48 Å². The number of rotatable bonds is 11. The van der Waals surface area contributed by atoms with Crippen LogP contribution in [0.3, 0.4) is 0 Å². The van der Waals surface area contributed by atoms with E-state index in [4.69, 9.17) is 21.4 Å². The van der Waals surface area contributed by atoms with Crippen molar-refractivity contribution in [2.45, 2.75) is 45.4 Å². The first-order chi connectivity index (χ1) is 17.9. The number of unbranched alkanes of at least 4 members (excludes halogenated alkanes) is 5. The molecule has 3 aromatic rings. The second-order valence-corrected chi connectivity index (χ2v) is 9.23. The zero-order valence-corrected chi connectivity index (χ0v) is 21.4. The van der Waals surface area contributed by atoms with Crippen molar-refractivity contribution in [2.24, 2.45) is 0 Å². The predicted octanol–water partition coefficient (Wildman–Crippen LogP) is 5.68. The summed E-state index contributed by atoms with van der Waals surface area (Å²) in [6.07, 6.45) is 10.3. The molecule has 1 aromatic heterocycles. The number of aromatic nitrogens is 2. The molecule has 9 heteroatoms. The lowest BCUT2D eigenvalue weighted by atomic mass is 10.0. The highest BCUT2D eigenvalue weighted by Gasteiger charge is 2.28. The molecule has 1 saturated heterocycles.